The Labute approximate surface area is 372 Å². The van der Waals surface area contributed by atoms with Crippen LogP contribution in [0.2, 0.25) is 0 Å². The Kier molecular flexibility index (Phi) is 20.4. The third kappa shape index (κ3) is 16.5. The molecule has 0 spiro atoms. The van der Waals surface area contributed by atoms with Gasteiger partial charge in [-0.05, 0) is 106 Å². The van der Waals surface area contributed by atoms with Crippen LogP contribution in [0.3, 0.4) is 0 Å². The summed E-state index contributed by atoms with van der Waals surface area (Å²) in [5.41, 5.74) is 3.95. The fourth-order valence-corrected chi connectivity index (χ4v) is 8.10. The van der Waals surface area contributed by atoms with Crippen molar-refractivity contribution in [2.45, 2.75) is 104 Å². The van der Waals surface area contributed by atoms with Gasteiger partial charge in [0.05, 0.1) is 0 Å². The first-order valence-electron chi connectivity index (χ1n) is 22.8. The van der Waals surface area contributed by atoms with E-state index in [9.17, 15) is 19.2 Å². The van der Waals surface area contributed by atoms with Crippen LogP contribution in [0.4, 0.5) is 16.2 Å². The zero-order chi connectivity index (χ0) is 44.9. The molecule has 2 fully saturated rings. The van der Waals surface area contributed by atoms with Crippen molar-refractivity contribution in [3.63, 3.8) is 0 Å². The number of rotatable bonds is 13. The first kappa shape index (κ1) is 49.4. The molecule has 4 aromatic rings. The van der Waals surface area contributed by atoms with E-state index in [1.807, 2.05) is 142 Å². The highest BCUT2D eigenvalue weighted by Gasteiger charge is 2.30. The molecule has 0 aromatic heterocycles. The Bertz CT molecular complexity index is 1900. The van der Waals surface area contributed by atoms with Gasteiger partial charge >= 0.3 is 6.09 Å². The van der Waals surface area contributed by atoms with Crippen LogP contribution in [-0.2, 0) is 19.1 Å². The Morgan fingerprint density at radius 2 is 1.10 bits per heavy atom. The molecule has 0 radical (unpaired) electrons. The van der Waals surface area contributed by atoms with Crippen LogP contribution < -0.4 is 9.80 Å². The number of aldehydes is 1. The van der Waals surface area contributed by atoms with E-state index in [1.54, 1.807) is 4.90 Å². The molecule has 2 unspecified atom stereocenters. The summed E-state index contributed by atoms with van der Waals surface area (Å²) in [6.07, 6.45) is 6.09. The molecular formula is C53H72N4O5. The monoisotopic (exact) mass is 845 g/mol. The molecule has 9 heteroatoms. The van der Waals surface area contributed by atoms with E-state index >= 15 is 0 Å². The fraction of sp³-hybridized carbons (Fsp3) is 0.472. The topological polar surface area (TPSA) is 90.5 Å². The van der Waals surface area contributed by atoms with Gasteiger partial charge in [-0.3, -0.25) is 9.59 Å². The first-order chi connectivity index (χ1) is 29.8. The molecular weight excluding hydrogens is 773 g/mol. The van der Waals surface area contributed by atoms with Crippen LogP contribution in [0, 0.1) is 11.8 Å². The van der Waals surface area contributed by atoms with E-state index in [2.05, 4.69) is 42.2 Å². The summed E-state index contributed by atoms with van der Waals surface area (Å²) in [5, 5.41) is 0. The Morgan fingerprint density at radius 3 is 1.55 bits per heavy atom. The van der Waals surface area contributed by atoms with Crippen LogP contribution in [0.5, 0.6) is 0 Å². The van der Waals surface area contributed by atoms with Crippen LogP contribution in [-0.4, -0.2) is 85.4 Å². The molecule has 3 amide bonds. The van der Waals surface area contributed by atoms with Gasteiger partial charge in [0.2, 0.25) is 11.8 Å². The number of anilines is 2. The highest BCUT2D eigenvalue weighted by molar-refractivity contribution is 5.93. The molecule has 2 heterocycles. The minimum atomic E-state index is -0.488. The van der Waals surface area contributed by atoms with Crippen LogP contribution >= 0.6 is 0 Å². The van der Waals surface area contributed by atoms with E-state index in [0.717, 1.165) is 62.2 Å². The summed E-state index contributed by atoms with van der Waals surface area (Å²) in [5.74, 6) is 1.69. The predicted octanol–water partition coefficient (Wildman–Crippen LogP) is 11.0. The molecule has 4 atom stereocenters. The molecule has 0 N–H and O–H groups in total. The van der Waals surface area contributed by atoms with Gasteiger partial charge in [0.1, 0.15) is 11.9 Å². The molecule has 0 aliphatic carbocycles. The van der Waals surface area contributed by atoms with Crippen molar-refractivity contribution in [2.75, 3.05) is 55.6 Å². The number of para-hydroxylation sites is 2. The number of amides is 3. The second kappa shape index (κ2) is 25.6. The fourth-order valence-electron chi connectivity index (χ4n) is 8.10. The summed E-state index contributed by atoms with van der Waals surface area (Å²) in [6, 6.07) is 40.4. The molecule has 2 aliphatic heterocycles. The highest BCUT2D eigenvalue weighted by Crippen LogP contribution is 2.26. The quantitative estimate of drug-likeness (QED) is 0.125. The Morgan fingerprint density at radius 1 is 0.661 bits per heavy atom. The van der Waals surface area contributed by atoms with Gasteiger partial charge in [0, 0.05) is 69.4 Å². The van der Waals surface area contributed by atoms with Gasteiger partial charge in [0.25, 0.3) is 0 Å². The molecule has 2 saturated heterocycles. The summed E-state index contributed by atoms with van der Waals surface area (Å²) in [4.78, 5) is 55.8. The average molecular weight is 845 g/mol. The number of benzene rings is 4. The van der Waals surface area contributed by atoms with E-state index in [1.165, 1.54) is 24.9 Å². The molecule has 2 aliphatic rings. The molecule has 9 nitrogen and oxygen atoms in total. The normalized spacial score (nSPS) is 17.4. The highest BCUT2D eigenvalue weighted by atomic mass is 16.6. The van der Waals surface area contributed by atoms with Gasteiger partial charge < -0.3 is 29.1 Å². The van der Waals surface area contributed by atoms with E-state index in [4.69, 9.17) is 4.74 Å². The summed E-state index contributed by atoms with van der Waals surface area (Å²) in [7, 11) is 0. The lowest BCUT2D eigenvalue weighted by atomic mass is 9.94. The molecule has 4 aromatic carbocycles. The molecule has 334 valence electrons. The molecule has 62 heavy (non-hydrogen) atoms. The van der Waals surface area contributed by atoms with Crippen molar-refractivity contribution in [3.8, 4) is 0 Å². The summed E-state index contributed by atoms with van der Waals surface area (Å²) in [6.45, 7) is 19.8. The lowest BCUT2D eigenvalue weighted by Gasteiger charge is -2.37. The summed E-state index contributed by atoms with van der Waals surface area (Å²) < 4.78 is 5.49. The maximum Gasteiger partial charge on any atom is 0.410 e. The van der Waals surface area contributed by atoms with E-state index < -0.39 is 5.60 Å². The molecule has 6 rings (SSSR count). The van der Waals surface area contributed by atoms with Gasteiger partial charge in [-0.25, -0.2) is 4.79 Å². The number of likely N-dealkylation sites (tertiary alicyclic amines) is 2. The zero-order valence-electron chi connectivity index (χ0n) is 38.5. The van der Waals surface area contributed by atoms with Crippen molar-refractivity contribution < 1.29 is 23.9 Å². The molecule has 0 saturated carbocycles. The Balaban J connectivity index is 0.000000224. The van der Waals surface area contributed by atoms with Crippen molar-refractivity contribution in [1.82, 2.24) is 9.80 Å². The van der Waals surface area contributed by atoms with Gasteiger partial charge in [-0.2, -0.15) is 0 Å². The second-order valence-corrected chi connectivity index (χ2v) is 17.7. The maximum atomic E-state index is 12.5. The van der Waals surface area contributed by atoms with Crippen LogP contribution in [0.15, 0.2) is 121 Å². The van der Waals surface area contributed by atoms with Gasteiger partial charge in [0.15, 0.2) is 0 Å². The number of nitrogens with zero attached hydrogens (tertiary/aromatic N) is 4. The number of piperidine rings is 2. The second-order valence-electron chi connectivity index (χ2n) is 17.7. The maximum absolute atomic E-state index is 12.5. The van der Waals surface area contributed by atoms with Crippen molar-refractivity contribution in [3.05, 3.63) is 132 Å². The minimum Gasteiger partial charge on any atom is -0.444 e. The number of hydrogen-bond donors (Lipinski definition) is 0. The van der Waals surface area contributed by atoms with Crippen LogP contribution in [0.1, 0.15) is 110 Å². The lowest BCUT2D eigenvalue weighted by Crippen LogP contribution is -2.46. The number of carbonyl (C=O) groups excluding carboxylic acids is 4. The average Bonchev–Trinajstić information content (AvgIpc) is 3.30. The lowest BCUT2D eigenvalue weighted by molar-refractivity contribution is -0.119. The smallest absolute Gasteiger partial charge is 0.410 e. The van der Waals surface area contributed by atoms with E-state index in [0.29, 0.717) is 37.8 Å². The number of carbonyl (C=O) groups is 4. The third-order valence-electron chi connectivity index (χ3n) is 11.4. The largest absolute Gasteiger partial charge is 0.444 e. The van der Waals surface area contributed by atoms with Crippen LogP contribution in [0.25, 0.3) is 0 Å². The number of ether oxygens (including phenoxy) is 1. The Hall–Kier alpha value is -5.28. The van der Waals surface area contributed by atoms with Gasteiger partial charge in [-0.15, -0.1) is 0 Å². The number of hydrogen-bond acceptors (Lipinski definition) is 6. The van der Waals surface area contributed by atoms with Crippen molar-refractivity contribution in [1.29, 1.82) is 0 Å². The standard InChI is InChI=1S/C24H32N2O.C20H30N2O3.C9H10O/c1-3-24(27)26(23-14-8-5-9-15-23)19-21-11-10-16-25(18-21)17-20(2)22-12-6-4-7-13-22;1-5-18(23)22(17-11-7-6-8-12-17)15-16-10-9-13-21(14-16)19(24)25-20(2,3)4;1-8(7-10)9-5-3-2-4-6-9/h4-9,12-15,20-21H,3,10-11,16-19H2,1-2H3;6-8,11-12,16H,5,9-10,13-15H2,1-4H3;2-8H,1H3/t20?,21-;16-;/m11./s1. The van der Waals surface area contributed by atoms with E-state index in [-0.39, 0.29) is 29.7 Å². The summed E-state index contributed by atoms with van der Waals surface area (Å²) >= 11 is 0. The van der Waals surface area contributed by atoms with Crippen molar-refractivity contribution in [2.24, 2.45) is 11.8 Å². The predicted molar refractivity (Wildman–Crippen MR) is 254 cm³/mol. The molecule has 0 bridgehead atoms. The van der Waals surface area contributed by atoms with Crippen molar-refractivity contribution >= 4 is 35.6 Å². The first-order valence-corrected chi connectivity index (χ1v) is 22.8. The minimum absolute atomic E-state index is 0.0289. The SMILES string of the molecule is CC(C=O)c1ccccc1.CCC(=O)N(C[C@@H]1CCCN(C(=O)OC(C)(C)C)C1)c1ccccc1.CCC(=O)N(C[C@@H]1CCCN(CC(C)c2ccccc2)C1)c1ccccc1. The van der Waals surface area contributed by atoms with Gasteiger partial charge in [-0.1, -0.05) is 125 Å². The third-order valence-corrected chi connectivity index (χ3v) is 11.4. The zero-order valence-corrected chi connectivity index (χ0v) is 38.5.